The normalized spacial score (nSPS) is 26.4. The van der Waals surface area contributed by atoms with Crippen LogP contribution >= 0.6 is 11.8 Å². The SMILES string of the molecule is CCCCCSC1CCS(=O)(=O)C1. The summed E-state index contributed by atoms with van der Waals surface area (Å²) < 4.78 is 22.2. The van der Waals surface area contributed by atoms with Crippen LogP contribution in [0.15, 0.2) is 0 Å². The van der Waals surface area contributed by atoms with Gasteiger partial charge in [0.1, 0.15) is 0 Å². The summed E-state index contributed by atoms with van der Waals surface area (Å²) in [7, 11) is -2.66. The number of rotatable bonds is 5. The molecule has 1 aliphatic heterocycles. The van der Waals surface area contributed by atoms with Crippen LogP contribution in [0.5, 0.6) is 0 Å². The predicted octanol–water partition coefficient (Wildman–Crippen LogP) is 2.10. The lowest BCUT2D eigenvalue weighted by atomic mass is 10.3. The summed E-state index contributed by atoms with van der Waals surface area (Å²) in [5.74, 6) is 1.97. The summed E-state index contributed by atoms with van der Waals surface area (Å²) in [6.07, 6.45) is 4.62. The molecular weight excluding hydrogens is 204 g/mol. The monoisotopic (exact) mass is 222 g/mol. The summed E-state index contributed by atoms with van der Waals surface area (Å²) in [4.78, 5) is 0. The molecule has 1 aliphatic rings. The van der Waals surface area contributed by atoms with Gasteiger partial charge in [-0.2, -0.15) is 11.8 Å². The Morgan fingerprint density at radius 2 is 2.15 bits per heavy atom. The fourth-order valence-electron chi connectivity index (χ4n) is 1.49. The van der Waals surface area contributed by atoms with E-state index >= 15 is 0 Å². The van der Waals surface area contributed by atoms with Gasteiger partial charge in [0.2, 0.25) is 0 Å². The Labute approximate surface area is 85.4 Å². The summed E-state index contributed by atoms with van der Waals surface area (Å²) in [6.45, 7) is 2.19. The molecule has 78 valence electrons. The third-order valence-electron chi connectivity index (χ3n) is 2.29. The van der Waals surface area contributed by atoms with Crippen molar-refractivity contribution >= 4 is 21.6 Å². The molecule has 0 aromatic heterocycles. The maximum Gasteiger partial charge on any atom is 0.151 e. The zero-order valence-corrected chi connectivity index (χ0v) is 9.79. The van der Waals surface area contributed by atoms with E-state index in [1.807, 2.05) is 11.8 Å². The molecule has 0 aromatic rings. The lowest BCUT2D eigenvalue weighted by Gasteiger charge is -2.05. The smallest absolute Gasteiger partial charge is 0.151 e. The summed E-state index contributed by atoms with van der Waals surface area (Å²) in [6, 6.07) is 0. The van der Waals surface area contributed by atoms with Gasteiger partial charge in [0, 0.05) is 5.25 Å². The molecule has 13 heavy (non-hydrogen) atoms. The van der Waals surface area contributed by atoms with E-state index < -0.39 is 9.84 Å². The van der Waals surface area contributed by atoms with Gasteiger partial charge in [-0.3, -0.25) is 0 Å². The van der Waals surface area contributed by atoms with E-state index in [1.54, 1.807) is 0 Å². The second-order valence-electron chi connectivity index (χ2n) is 3.60. The van der Waals surface area contributed by atoms with Gasteiger partial charge in [0.05, 0.1) is 11.5 Å². The Balaban J connectivity index is 2.11. The first kappa shape index (κ1) is 11.4. The van der Waals surface area contributed by atoms with Crippen molar-refractivity contribution in [2.45, 2.75) is 37.9 Å². The van der Waals surface area contributed by atoms with Crippen molar-refractivity contribution in [2.75, 3.05) is 17.3 Å². The highest BCUT2D eigenvalue weighted by Crippen LogP contribution is 2.25. The molecule has 0 aliphatic carbocycles. The zero-order chi connectivity index (χ0) is 9.73. The third-order valence-corrected chi connectivity index (χ3v) is 5.67. The molecule has 1 rings (SSSR count). The number of thioether (sulfide) groups is 1. The van der Waals surface area contributed by atoms with Crippen molar-refractivity contribution in [2.24, 2.45) is 0 Å². The fourth-order valence-corrected chi connectivity index (χ4v) is 5.18. The highest BCUT2D eigenvalue weighted by molar-refractivity contribution is 8.01. The van der Waals surface area contributed by atoms with E-state index in [4.69, 9.17) is 0 Å². The maximum absolute atomic E-state index is 11.1. The molecule has 0 amide bonds. The summed E-state index contributed by atoms with van der Waals surface area (Å²) in [5, 5.41) is 0.391. The van der Waals surface area contributed by atoms with Crippen LogP contribution in [0.4, 0.5) is 0 Å². The molecule has 1 saturated heterocycles. The Morgan fingerprint density at radius 3 is 2.69 bits per heavy atom. The second-order valence-corrected chi connectivity index (χ2v) is 7.24. The Kier molecular flexibility index (Phi) is 4.59. The molecule has 1 unspecified atom stereocenters. The quantitative estimate of drug-likeness (QED) is 0.668. The average Bonchev–Trinajstić information content (AvgIpc) is 2.40. The predicted molar refractivity (Wildman–Crippen MR) is 59.0 cm³/mol. The molecule has 0 saturated carbocycles. The Hall–Kier alpha value is 0.300. The molecule has 4 heteroatoms. The van der Waals surface area contributed by atoms with Crippen molar-refractivity contribution in [3.63, 3.8) is 0 Å². The first-order valence-electron chi connectivity index (χ1n) is 4.96. The van der Waals surface area contributed by atoms with Crippen LogP contribution in [0.1, 0.15) is 32.6 Å². The first-order valence-corrected chi connectivity index (χ1v) is 7.83. The molecule has 1 atom stereocenters. The standard InChI is InChI=1S/C9H18O2S2/c1-2-3-4-6-12-9-5-7-13(10,11)8-9/h9H,2-8H2,1H3. The summed E-state index contributed by atoms with van der Waals surface area (Å²) in [5.41, 5.74) is 0. The van der Waals surface area contributed by atoms with Gasteiger partial charge in [-0.05, 0) is 18.6 Å². The van der Waals surface area contributed by atoms with Crippen LogP contribution in [0.25, 0.3) is 0 Å². The molecule has 1 fully saturated rings. The van der Waals surface area contributed by atoms with Crippen LogP contribution in [0.2, 0.25) is 0 Å². The van der Waals surface area contributed by atoms with E-state index in [2.05, 4.69) is 6.92 Å². The average molecular weight is 222 g/mol. The molecule has 0 aromatic carbocycles. The lowest BCUT2D eigenvalue weighted by Crippen LogP contribution is -2.06. The van der Waals surface area contributed by atoms with Crippen molar-refractivity contribution < 1.29 is 8.42 Å². The van der Waals surface area contributed by atoms with E-state index in [9.17, 15) is 8.42 Å². The Bertz CT molecular complexity index is 234. The highest BCUT2D eigenvalue weighted by Gasteiger charge is 2.27. The topological polar surface area (TPSA) is 34.1 Å². The Morgan fingerprint density at radius 1 is 1.38 bits per heavy atom. The van der Waals surface area contributed by atoms with Crippen LogP contribution in [-0.4, -0.2) is 30.9 Å². The highest BCUT2D eigenvalue weighted by atomic mass is 32.2. The number of hydrogen-bond acceptors (Lipinski definition) is 3. The van der Waals surface area contributed by atoms with Gasteiger partial charge in [0.15, 0.2) is 9.84 Å². The number of hydrogen-bond donors (Lipinski definition) is 0. The van der Waals surface area contributed by atoms with Crippen LogP contribution in [0, 0.1) is 0 Å². The van der Waals surface area contributed by atoms with Gasteiger partial charge in [0.25, 0.3) is 0 Å². The van der Waals surface area contributed by atoms with Gasteiger partial charge >= 0.3 is 0 Å². The van der Waals surface area contributed by atoms with Crippen LogP contribution in [-0.2, 0) is 9.84 Å². The van der Waals surface area contributed by atoms with Crippen molar-refractivity contribution in [3.8, 4) is 0 Å². The lowest BCUT2D eigenvalue weighted by molar-refractivity contribution is 0.602. The fraction of sp³-hybridized carbons (Fsp3) is 1.00. The van der Waals surface area contributed by atoms with Gasteiger partial charge in [-0.1, -0.05) is 19.8 Å². The van der Waals surface area contributed by atoms with Crippen LogP contribution < -0.4 is 0 Å². The van der Waals surface area contributed by atoms with Gasteiger partial charge < -0.3 is 0 Å². The van der Waals surface area contributed by atoms with Crippen molar-refractivity contribution in [3.05, 3.63) is 0 Å². The van der Waals surface area contributed by atoms with Crippen LogP contribution in [0.3, 0.4) is 0 Å². The molecule has 0 bridgehead atoms. The van der Waals surface area contributed by atoms with E-state index in [0.29, 0.717) is 16.8 Å². The molecule has 2 nitrogen and oxygen atoms in total. The molecule has 0 N–H and O–H groups in total. The molecule has 0 radical (unpaired) electrons. The minimum absolute atomic E-state index is 0.391. The second kappa shape index (κ2) is 5.25. The minimum atomic E-state index is -2.66. The van der Waals surface area contributed by atoms with Gasteiger partial charge in [-0.25, -0.2) is 8.42 Å². The van der Waals surface area contributed by atoms with Crippen molar-refractivity contribution in [1.29, 1.82) is 0 Å². The number of unbranched alkanes of at least 4 members (excludes halogenated alkanes) is 2. The summed E-state index contributed by atoms with van der Waals surface area (Å²) >= 11 is 1.85. The molecule has 1 heterocycles. The van der Waals surface area contributed by atoms with E-state index in [1.165, 1.54) is 19.3 Å². The third kappa shape index (κ3) is 4.36. The first-order chi connectivity index (χ1) is 6.14. The largest absolute Gasteiger partial charge is 0.229 e. The van der Waals surface area contributed by atoms with Crippen molar-refractivity contribution in [1.82, 2.24) is 0 Å². The zero-order valence-electron chi connectivity index (χ0n) is 8.16. The molecule has 0 spiro atoms. The molecular formula is C9H18O2S2. The minimum Gasteiger partial charge on any atom is -0.229 e. The maximum atomic E-state index is 11.1. The van der Waals surface area contributed by atoms with E-state index in [-0.39, 0.29) is 0 Å². The van der Waals surface area contributed by atoms with Gasteiger partial charge in [-0.15, -0.1) is 0 Å². The number of sulfone groups is 1. The van der Waals surface area contributed by atoms with E-state index in [0.717, 1.165) is 12.2 Å².